The number of rotatable bonds is 8. The summed E-state index contributed by atoms with van der Waals surface area (Å²) in [6, 6.07) is 0. The largest absolute Gasteiger partial charge is 0.445 e. The third kappa shape index (κ3) is 10.0. The van der Waals surface area contributed by atoms with Gasteiger partial charge >= 0.3 is 6.09 Å². The van der Waals surface area contributed by atoms with Gasteiger partial charge in [0.15, 0.2) is 6.29 Å². The summed E-state index contributed by atoms with van der Waals surface area (Å²) in [5.74, 6) is 0. The van der Waals surface area contributed by atoms with Crippen molar-refractivity contribution in [3.63, 3.8) is 0 Å². The first kappa shape index (κ1) is 17.4. The zero-order chi connectivity index (χ0) is 14.7. The van der Waals surface area contributed by atoms with Gasteiger partial charge in [0.1, 0.15) is 12.7 Å². The molecule has 0 spiro atoms. The van der Waals surface area contributed by atoms with Crippen LogP contribution < -0.4 is 5.32 Å². The van der Waals surface area contributed by atoms with E-state index < -0.39 is 18.5 Å². The molecule has 1 atom stereocenters. The van der Waals surface area contributed by atoms with Crippen LogP contribution in [0.5, 0.6) is 0 Å². The summed E-state index contributed by atoms with van der Waals surface area (Å²) in [5.41, 5.74) is 0.638. The summed E-state index contributed by atoms with van der Waals surface area (Å²) < 4.78 is 4.85. The van der Waals surface area contributed by atoms with Gasteiger partial charge in [-0.05, 0) is 18.9 Å². The summed E-state index contributed by atoms with van der Waals surface area (Å²) in [6.07, 6.45) is 3.45. The highest BCUT2D eigenvalue weighted by Crippen LogP contribution is 1.97. The lowest BCUT2D eigenvalue weighted by molar-refractivity contribution is -0.123. The summed E-state index contributed by atoms with van der Waals surface area (Å²) in [6.45, 7) is 5.72. The van der Waals surface area contributed by atoms with Gasteiger partial charge in [-0.2, -0.15) is 0 Å². The number of allylic oxidation sites excluding steroid dienone is 3. The fourth-order valence-electron chi connectivity index (χ4n) is 1.03. The molecule has 108 valence electrons. The second kappa shape index (κ2) is 10.3. The highest BCUT2D eigenvalue weighted by Gasteiger charge is 2.12. The Morgan fingerprint density at radius 3 is 2.63 bits per heavy atom. The molecule has 6 heteroatoms. The van der Waals surface area contributed by atoms with E-state index in [-0.39, 0.29) is 19.6 Å². The Kier molecular flexibility index (Phi) is 9.42. The zero-order valence-electron chi connectivity index (χ0n) is 11.0. The van der Waals surface area contributed by atoms with Crippen molar-refractivity contribution in [3.05, 3.63) is 36.5 Å². The molecule has 0 aromatic rings. The topological polar surface area (TPSA) is 99.0 Å². The Bertz CT molecular complexity index is 336. The molecule has 0 rings (SSSR count). The van der Waals surface area contributed by atoms with Gasteiger partial charge in [0, 0.05) is 6.54 Å². The number of aliphatic hydroxyl groups is 3. The van der Waals surface area contributed by atoms with E-state index in [9.17, 15) is 4.79 Å². The molecule has 0 saturated heterocycles. The number of alkyl carbamates (subject to hydrolysis) is 1. The maximum atomic E-state index is 11.2. The second-order valence-electron chi connectivity index (χ2n) is 3.82. The first-order chi connectivity index (χ1) is 8.97. The first-order valence-electron chi connectivity index (χ1n) is 5.89. The molecule has 0 fully saturated rings. The Morgan fingerprint density at radius 1 is 1.37 bits per heavy atom. The molecule has 6 nitrogen and oxygen atoms in total. The number of carbonyl (C=O) groups excluding carboxylic acids is 1. The molecule has 4 N–H and O–H groups in total. The third-order valence-corrected chi connectivity index (χ3v) is 2.08. The van der Waals surface area contributed by atoms with Gasteiger partial charge in [-0.15, -0.1) is 0 Å². The predicted octanol–water partition coefficient (Wildman–Crippen LogP) is 0.463. The molecule has 0 aromatic heterocycles. The normalized spacial score (nSPS) is 13.1. The molecule has 19 heavy (non-hydrogen) atoms. The van der Waals surface area contributed by atoms with E-state index in [1.165, 1.54) is 0 Å². The van der Waals surface area contributed by atoms with E-state index in [4.69, 9.17) is 20.1 Å². The standard InChI is InChI=1S/C13H21NO5/c1-3-4-5-6-10(2)9-19-13(18)14-8-7-11(15)12(16)17/h3-6,11-12,15-17H,2,7-9H2,1H3,(H,14,18)/b4-3-,6-5-/t11-/m0/s1. The maximum Gasteiger partial charge on any atom is 0.407 e. The minimum absolute atomic E-state index is 0.0227. The fraction of sp³-hybridized carbons (Fsp3) is 0.462. The smallest absolute Gasteiger partial charge is 0.407 e. The SMILES string of the molecule is C=C(/C=C\C=C/C)COC(=O)NCC[C@H](O)C(O)O. The van der Waals surface area contributed by atoms with Crippen LogP contribution in [-0.4, -0.2) is 47.0 Å². The molecule has 0 aliphatic carbocycles. The van der Waals surface area contributed by atoms with Crippen LogP contribution in [0.2, 0.25) is 0 Å². The number of amides is 1. The average Bonchev–Trinajstić information content (AvgIpc) is 2.36. The van der Waals surface area contributed by atoms with Crippen LogP contribution in [0.3, 0.4) is 0 Å². The van der Waals surface area contributed by atoms with Crippen molar-refractivity contribution in [1.29, 1.82) is 0 Å². The first-order valence-corrected chi connectivity index (χ1v) is 5.89. The Labute approximate surface area is 112 Å². The van der Waals surface area contributed by atoms with E-state index in [0.717, 1.165) is 0 Å². The average molecular weight is 271 g/mol. The number of carbonyl (C=O) groups is 1. The molecule has 0 heterocycles. The number of ether oxygens (including phenoxy) is 1. The fourth-order valence-corrected chi connectivity index (χ4v) is 1.03. The van der Waals surface area contributed by atoms with Gasteiger partial charge in [-0.3, -0.25) is 0 Å². The molecule has 0 bridgehead atoms. The highest BCUT2D eigenvalue weighted by atomic mass is 16.5. The number of nitrogens with one attached hydrogen (secondary N) is 1. The predicted molar refractivity (Wildman–Crippen MR) is 71.3 cm³/mol. The lowest BCUT2D eigenvalue weighted by atomic mass is 10.2. The Morgan fingerprint density at radius 2 is 2.05 bits per heavy atom. The van der Waals surface area contributed by atoms with Crippen LogP contribution in [0.15, 0.2) is 36.5 Å². The number of hydrogen-bond acceptors (Lipinski definition) is 5. The van der Waals surface area contributed by atoms with Gasteiger partial charge < -0.3 is 25.4 Å². The zero-order valence-corrected chi connectivity index (χ0v) is 11.0. The van der Waals surface area contributed by atoms with Gasteiger partial charge in [-0.25, -0.2) is 4.79 Å². The third-order valence-electron chi connectivity index (χ3n) is 2.08. The van der Waals surface area contributed by atoms with E-state index >= 15 is 0 Å². The van der Waals surface area contributed by atoms with Gasteiger partial charge in [0.05, 0.1) is 0 Å². The van der Waals surface area contributed by atoms with E-state index in [0.29, 0.717) is 5.57 Å². The molecule has 0 unspecified atom stereocenters. The van der Waals surface area contributed by atoms with Gasteiger partial charge in [-0.1, -0.05) is 30.9 Å². The molecule has 1 amide bonds. The highest BCUT2D eigenvalue weighted by molar-refractivity contribution is 5.67. The maximum absolute atomic E-state index is 11.2. The lowest BCUT2D eigenvalue weighted by Gasteiger charge is -2.12. The Hall–Kier alpha value is -1.63. The molecule has 0 aromatic carbocycles. The van der Waals surface area contributed by atoms with Crippen molar-refractivity contribution in [1.82, 2.24) is 5.32 Å². The summed E-state index contributed by atoms with van der Waals surface area (Å²) in [4.78, 5) is 11.2. The molecule has 0 aliphatic rings. The summed E-state index contributed by atoms with van der Waals surface area (Å²) in [7, 11) is 0. The van der Waals surface area contributed by atoms with Crippen molar-refractivity contribution in [2.45, 2.75) is 25.7 Å². The van der Waals surface area contributed by atoms with Crippen LogP contribution in [0.1, 0.15) is 13.3 Å². The van der Waals surface area contributed by atoms with E-state index in [1.54, 1.807) is 12.2 Å². The van der Waals surface area contributed by atoms with Crippen LogP contribution >= 0.6 is 0 Å². The van der Waals surface area contributed by atoms with Crippen LogP contribution in [0, 0.1) is 0 Å². The second-order valence-corrected chi connectivity index (χ2v) is 3.82. The van der Waals surface area contributed by atoms with E-state index in [2.05, 4.69) is 11.9 Å². The molecule has 0 aliphatic heterocycles. The van der Waals surface area contributed by atoms with Crippen LogP contribution in [0.25, 0.3) is 0 Å². The summed E-state index contributed by atoms with van der Waals surface area (Å²) >= 11 is 0. The van der Waals surface area contributed by atoms with E-state index in [1.807, 2.05) is 19.1 Å². The van der Waals surface area contributed by atoms with Crippen molar-refractivity contribution < 1.29 is 24.9 Å². The number of hydrogen-bond donors (Lipinski definition) is 4. The van der Waals surface area contributed by atoms with Crippen LogP contribution in [-0.2, 0) is 4.74 Å². The monoisotopic (exact) mass is 271 g/mol. The quantitative estimate of drug-likeness (QED) is 0.380. The van der Waals surface area contributed by atoms with Crippen molar-refractivity contribution in [2.24, 2.45) is 0 Å². The van der Waals surface area contributed by atoms with Crippen molar-refractivity contribution >= 4 is 6.09 Å². The molecule has 0 radical (unpaired) electrons. The Balaban J connectivity index is 3.73. The minimum Gasteiger partial charge on any atom is -0.445 e. The van der Waals surface area contributed by atoms with Gasteiger partial charge in [0.2, 0.25) is 0 Å². The molecular formula is C13H21NO5. The lowest BCUT2D eigenvalue weighted by Crippen LogP contribution is -2.32. The van der Waals surface area contributed by atoms with Crippen molar-refractivity contribution in [2.75, 3.05) is 13.2 Å². The number of aliphatic hydroxyl groups excluding tert-OH is 2. The summed E-state index contributed by atoms with van der Waals surface area (Å²) in [5, 5.41) is 28.6. The van der Waals surface area contributed by atoms with Crippen molar-refractivity contribution in [3.8, 4) is 0 Å². The molecule has 0 saturated carbocycles. The van der Waals surface area contributed by atoms with Gasteiger partial charge in [0.25, 0.3) is 0 Å². The molecular weight excluding hydrogens is 250 g/mol. The van der Waals surface area contributed by atoms with Crippen LogP contribution in [0.4, 0.5) is 4.79 Å². The minimum atomic E-state index is -1.81.